The van der Waals surface area contributed by atoms with Crippen LogP contribution in [-0.4, -0.2) is 15.0 Å². The first-order chi connectivity index (χ1) is 9.75. The van der Waals surface area contributed by atoms with E-state index in [0.29, 0.717) is 5.69 Å². The van der Waals surface area contributed by atoms with Gasteiger partial charge in [-0.25, -0.2) is 4.68 Å². The Hall–Kier alpha value is -2.07. The fraction of sp³-hybridized carbons (Fsp3) is 0.308. The second-order valence-corrected chi connectivity index (χ2v) is 5.07. The Morgan fingerprint density at radius 1 is 1.33 bits per heavy atom. The van der Waals surface area contributed by atoms with Gasteiger partial charge < -0.3 is 0 Å². The Morgan fingerprint density at radius 3 is 2.52 bits per heavy atom. The quantitative estimate of drug-likeness (QED) is 0.843. The van der Waals surface area contributed by atoms with Crippen molar-refractivity contribution in [1.29, 1.82) is 5.26 Å². The fourth-order valence-corrected chi connectivity index (χ4v) is 2.16. The van der Waals surface area contributed by atoms with E-state index in [4.69, 9.17) is 16.9 Å². The molecule has 2 aromatic rings. The number of aromatic nitrogens is 3. The zero-order valence-corrected chi connectivity index (χ0v) is 11.9. The summed E-state index contributed by atoms with van der Waals surface area (Å²) in [5.41, 5.74) is -0.253. The van der Waals surface area contributed by atoms with Crippen LogP contribution in [0.15, 0.2) is 18.2 Å². The zero-order valence-electron chi connectivity index (χ0n) is 11.1. The standard InChI is InChI=1S/C13H10ClF3N4/c1-7(2)12-11(6-18)19-20-21(12)8-3-4-10(14)9(5-8)13(15,16)17/h3-5,7H,1-2H3. The molecular formula is C13H10ClF3N4. The summed E-state index contributed by atoms with van der Waals surface area (Å²) in [4.78, 5) is 0. The van der Waals surface area contributed by atoms with Crippen molar-refractivity contribution in [2.45, 2.75) is 25.9 Å². The highest BCUT2D eigenvalue weighted by Gasteiger charge is 2.34. The van der Waals surface area contributed by atoms with E-state index in [1.54, 1.807) is 13.8 Å². The molecule has 0 radical (unpaired) electrons. The van der Waals surface area contributed by atoms with Crippen LogP contribution in [0, 0.1) is 11.3 Å². The highest BCUT2D eigenvalue weighted by Crippen LogP contribution is 2.36. The SMILES string of the molecule is CC(C)c1c(C#N)nnn1-c1ccc(Cl)c(C(F)(F)F)c1. The molecule has 0 unspecified atom stereocenters. The summed E-state index contributed by atoms with van der Waals surface area (Å²) < 4.78 is 39.9. The Labute approximate surface area is 123 Å². The summed E-state index contributed by atoms with van der Waals surface area (Å²) in [6, 6.07) is 5.33. The third kappa shape index (κ3) is 2.85. The summed E-state index contributed by atoms with van der Waals surface area (Å²) in [6.45, 7) is 3.60. The average Bonchev–Trinajstić information content (AvgIpc) is 2.81. The largest absolute Gasteiger partial charge is 0.417 e. The minimum atomic E-state index is -4.57. The molecule has 1 aromatic heterocycles. The third-order valence-electron chi connectivity index (χ3n) is 2.86. The number of hydrogen-bond acceptors (Lipinski definition) is 3. The van der Waals surface area contributed by atoms with E-state index >= 15 is 0 Å². The molecular weight excluding hydrogens is 305 g/mol. The lowest BCUT2D eigenvalue weighted by Crippen LogP contribution is -2.10. The molecule has 4 nitrogen and oxygen atoms in total. The van der Waals surface area contributed by atoms with Gasteiger partial charge in [0.1, 0.15) is 6.07 Å². The number of benzene rings is 1. The van der Waals surface area contributed by atoms with Gasteiger partial charge in [0, 0.05) is 0 Å². The number of alkyl halides is 3. The molecule has 0 aliphatic carbocycles. The fourth-order valence-electron chi connectivity index (χ4n) is 1.94. The molecule has 0 spiro atoms. The topological polar surface area (TPSA) is 54.5 Å². The third-order valence-corrected chi connectivity index (χ3v) is 3.19. The van der Waals surface area contributed by atoms with E-state index in [2.05, 4.69) is 10.3 Å². The van der Waals surface area contributed by atoms with Crippen molar-refractivity contribution in [2.24, 2.45) is 0 Å². The second kappa shape index (κ2) is 5.37. The van der Waals surface area contributed by atoms with Gasteiger partial charge >= 0.3 is 6.18 Å². The molecule has 2 rings (SSSR count). The Morgan fingerprint density at radius 2 is 2.00 bits per heavy atom. The zero-order chi connectivity index (χ0) is 15.8. The first kappa shape index (κ1) is 15.3. The Kier molecular flexibility index (Phi) is 3.92. The van der Waals surface area contributed by atoms with Crippen LogP contribution in [0.5, 0.6) is 0 Å². The normalized spacial score (nSPS) is 11.7. The molecule has 0 atom stereocenters. The minimum Gasteiger partial charge on any atom is -0.216 e. The first-order valence-electron chi connectivity index (χ1n) is 5.98. The van der Waals surface area contributed by atoms with E-state index < -0.39 is 16.8 Å². The number of rotatable bonds is 2. The molecule has 0 amide bonds. The maximum Gasteiger partial charge on any atom is 0.417 e. The van der Waals surface area contributed by atoms with Gasteiger partial charge in [-0.05, 0) is 24.1 Å². The van der Waals surface area contributed by atoms with Crippen LogP contribution in [-0.2, 0) is 6.18 Å². The van der Waals surface area contributed by atoms with Crippen molar-refractivity contribution in [3.8, 4) is 11.8 Å². The van der Waals surface area contributed by atoms with Crippen molar-refractivity contribution >= 4 is 11.6 Å². The molecule has 8 heteroatoms. The molecule has 0 saturated carbocycles. The van der Waals surface area contributed by atoms with E-state index in [1.807, 2.05) is 6.07 Å². The Balaban J connectivity index is 2.64. The Bertz CT molecular complexity index is 713. The first-order valence-corrected chi connectivity index (χ1v) is 6.36. The summed E-state index contributed by atoms with van der Waals surface area (Å²) >= 11 is 5.59. The lowest BCUT2D eigenvalue weighted by Gasteiger charge is -2.13. The van der Waals surface area contributed by atoms with Crippen molar-refractivity contribution < 1.29 is 13.2 Å². The molecule has 0 N–H and O–H groups in total. The highest BCUT2D eigenvalue weighted by molar-refractivity contribution is 6.31. The van der Waals surface area contributed by atoms with Crippen molar-refractivity contribution in [2.75, 3.05) is 0 Å². The van der Waals surface area contributed by atoms with E-state index in [-0.39, 0.29) is 17.3 Å². The number of nitriles is 1. The summed E-state index contributed by atoms with van der Waals surface area (Å²) in [5, 5.41) is 16.0. The molecule has 1 aromatic carbocycles. The van der Waals surface area contributed by atoms with Crippen molar-refractivity contribution in [3.63, 3.8) is 0 Å². The number of hydrogen-bond donors (Lipinski definition) is 0. The van der Waals surface area contributed by atoms with Crippen LogP contribution in [0.3, 0.4) is 0 Å². The van der Waals surface area contributed by atoms with Crippen LogP contribution >= 0.6 is 11.6 Å². The molecule has 0 saturated heterocycles. The predicted molar refractivity (Wildman–Crippen MR) is 70.2 cm³/mol. The molecule has 0 bridgehead atoms. The molecule has 21 heavy (non-hydrogen) atoms. The summed E-state index contributed by atoms with van der Waals surface area (Å²) in [6.07, 6.45) is -4.57. The highest BCUT2D eigenvalue weighted by atomic mass is 35.5. The molecule has 0 fully saturated rings. The average molecular weight is 315 g/mol. The lowest BCUT2D eigenvalue weighted by atomic mass is 10.1. The second-order valence-electron chi connectivity index (χ2n) is 4.66. The van der Waals surface area contributed by atoms with Gasteiger partial charge in [-0.1, -0.05) is 30.7 Å². The van der Waals surface area contributed by atoms with Crippen LogP contribution in [0.25, 0.3) is 5.69 Å². The van der Waals surface area contributed by atoms with Crippen molar-refractivity contribution in [1.82, 2.24) is 15.0 Å². The van der Waals surface area contributed by atoms with E-state index in [1.165, 1.54) is 10.7 Å². The molecule has 110 valence electrons. The van der Waals surface area contributed by atoms with Crippen LogP contribution in [0.2, 0.25) is 5.02 Å². The van der Waals surface area contributed by atoms with Gasteiger partial charge in [-0.3, -0.25) is 0 Å². The van der Waals surface area contributed by atoms with Gasteiger partial charge in [0.2, 0.25) is 0 Å². The van der Waals surface area contributed by atoms with Gasteiger partial charge in [-0.2, -0.15) is 18.4 Å². The van der Waals surface area contributed by atoms with E-state index in [9.17, 15) is 13.2 Å². The summed E-state index contributed by atoms with van der Waals surface area (Å²) in [7, 11) is 0. The van der Waals surface area contributed by atoms with Gasteiger partial charge in [0.25, 0.3) is 0 Å². The molecule has 0 aliphatic heterocycles. The predicted octanol–water partition coefficient (Wildman–Crippen LogP) is 3.93. The monoisotopic (exact) mass is 314 g/mol. The van der Waals surface area contributed by atoms with E-state index in [0.717, 1.165) is 12.1 Å². The minimum absolute atomic E-state index is 0.0912. The maximum absolute atomic E-state index is 12.9. The van der Waals surface area contributed by atoms with Crippen LogP contribution in [0.1, 0.15) is 36.7 Å². The van der Waals surface area contributed by atoms with Crippen LogP contribution < -0.4 is 0 Å². The molecule has 1 heterocycles. The summed E-state index contributed by atoms with van der Waals surface area (Å²) in [5.74, 6) is -0.125. The van der Waals surface area contributed by atoms with Gasteiger partial charge in [-0.15, -0.1) is 5.10 Å². The smallest absolute Gasteiger partial charge is 0.216 e. The number of nitrogens with zero attached hydrogens (tertiary/aromatic N) is 4. The van der Waals surface area contributed by atoms with Crippen LogP contribution in [0.4, 0.5) is 13.2 Å². The lowest BCUT2D eigenvalue weighted by molar-refractivity contribution is -0.137. The van der Waals surface area contributed by atoms with Gasteiger partial charge in [0.05, 0.1) is 22.0 Å². The number of halogens is 4. The molecule has 0 aliphatic rings. The van der Waals surface area contributed by atoms with Crippen molar-refractivity contribution in [3.05, 3.63) is 40.2 Å². The van der Waals surface area contributed by atoms with Gasteiger partial charge in [0.15, 0.2) is 5.69 Å². The maximum atomic E-state index is 12.9.